The molecule has 0 spiro atoms. The first-order valence-corrected chi connectivity index (χ1v) is 6.61. The van der Waals surface area contributed by atoms with Crippen molar-refractivity contribution in [3.63, 3.8) is 0 Å². The van der Waals surface area contributed by atoms with E-state index in [-0.39, 0.29) is 5.91 Å². The van der Waals surface area contributed by atoms with Gasteiger partial charge in [-0.2, -0.15) is 0 Å². The molecule has 0 heterocycles. The zero-order chi connectivity index (χ0) is 14.4. The summed E-state index contributed by atoms with van der Waals surface area (Å²) < 4.78 is 5.70. The average Bonchev–Trinajstić information content (AvgIpc) is 2.48. The van der Waals surface area contributed by atoms with Crippen molar-refractivity contribution in [2.24, 2.45) is 0 Å². The van der Waals surface area contributed by atoms with E-state index in [0.717, 1.165) is 6.42 Å². The lowest BCUT2D eigenvalue weighted by Crippen LogP contribution is -2.23. The van der Waals surface area contributed by atoms with Crippen LogP contribution in [0.25, 0.3) is 0 Å². The highest BCUT2D eigenvalue weighted by molar-refractivity contribution is 5.95. The smallest absolute Gasteiger partial charge is 0.251 e. The Morgan fingerprint density at radius 1 is 1.20 bits per heavy atom. The van der Waals surface area contributed by atoms with Crippen LogP contribution < -0.4 is 15.8 Å². The molecule has 4 heteroatoms. The molecular weight excluding hydrogens is 252 g/mol. The molecular formula is C16H18N2O2. The molecule has 0 aliphatic carbocycles. The van der Waals surface area contributed by atoms with Crippen LogP contribution in [0.5, 0.6) is 11.5 Å². The van der Waals surface area contributed by atoms with E-state index in [1.807, 2.05) is 37.3 Å². The van der Waals surface area contributed by atoms with Gasteiger partial charge < -0.3 is 15.8 Å². The minimum Gasteiger partial charge on any atom is -0.455 e. The van der Waals surface area contributed by atoms with Crippen molar-refractivity contribution in [3.05, 3.63) is 54.1 Å². The van der Waals surface area contributed by atoms with E-state index in [9.17, 15) is 4.79 Å². The Kier molecular flexibility index (Phi) is 4.60. The third kappa shape index (κ3) is 3.51. The van der Waals surface area contributed by atoms with Crippen LogP contribution in [0.1, 0.15) is 23.7 Å². The monoisotopic (exact) mass is 270 g/mol. The summed E-state index contributed by atoms with van der Waals surface area (Å²) in [5, 5.41) is 2.82. The largest absolute Gasteiger partial charge is 0.455 e. The molecule has 0 atom stereocenters. The second kappa shape index (κ2) is 6.61. The van der Waals surface area contributed by atoms with Gasteiger partial charge in [0.2, 0.25) is 0 Å². The molecule has 0 saturated carbocycles. The minimum atomic E-state index is -0.121. The summed E-state index contributed by atoms with van der Waals surface area (Å²) in [5.74, 6) is 1.05. The van der Waals surface area contributed by atoms with Gasteiger partial charge in [-0.1, -0.05) is 25.1 Å². The van der Waals surface area contributed by atoms with Gasteiger partial charge in [-0.3, -0.25) is 4.79 Å². The number of nitrogen functional groups attached to an aromatic ring is 1. The molecule has 0 aliphatic rings. The normalized spacial score (nSPS) is 10.1. The van der Waals surface area contributed by atoms with Crippen LogP contribution in [0.15, 0.2) is 48.5 Å². The molecule has 3 N–H and O–H groups in total. The number of hydrogen-bond acceptors (Lipinski definition) is 3. The molecule has 1 amide bonds. The van der Waals surface area contributed by atoms with Gasteiger partial charge >= 0.3 is 0 Å². The number of amides is 1. The van der Waals surface area contributed by atoms with Gasteiger partial charge in [0, 0.05) is 12.1 Å². The highest BCUT2D eigenvalue weighted by Gasteiger charge is 2.09. The van der Waals surface area contributed by atoms with Gasteiger partial charge in [0.15, 0.2) is 5.75 Å². The maximum atomic E-state index is 11.9. The number of carbonyl (C=O) groups excluding carboxylic acids is 1. The van der Waals surface area contributed by atoms with Crippen molar-refractivity contribution >= 4 is 11.6 Å². The van der Waals surface area contributed by atoms with Crippen LogP contribution in [0.3, 0.4) is 0 Å². The van der Waals surface area contributed by atoms with Gasteiger partial charge in [-0.25, -0.2) is 0 Å². The molecule has 0 aromatic heterocycles. The SMILES string of the molecule is CCCNC(=O)c1ccc(N)c(Oc2ccccc2)c1. The maximum absolute atomic E-state index is 11.9. The van der Waals surface area contributed by atoms with Gasteiger partial charge in [-0.15, -0.1) is 0 Å². The highest BCUT2D eigenvalue weighted by Crippen LogP contribution is 2.28. The summed E-state index contributed by atoms with van der Waals surface area (Å²) in [5.41, 5.74) is 6.92. The quantitative estimate of drug-likeness (QED) is 0.820. The molecule has 0 fully saturated rings. The molecule has 0 saturated heterocycles. The Hall–Kier alpha value is -2.49. The Labute approximate surface area is 118 Å². The van der Waals surface area contributed by atoms with E-state index in [1.165, 1.54) is 0 Å². The second-order valence-electron chi connectivity index (χ2n) is 4.42. The van der Waals surface area contributed by atoms with Gasteiger partial charge in [-0.05, 0) is 36.8 Å². The summed E-state index contributed by atoms with van der Waals surface area (Å²) >= 11 is 0. The number of benzene rings is 2. The number of nitrogens with two attached hydrogens (primary N) is 1. The number of ether oxygens (including phenoxy) is 1. The first-order chi connectivity index (χ1) is 9.70. The topological polar surface area (TPSA) is 64.4 Å². The Bertz CT molecular complexity index is 582. The lowest BCUT2D eigenvalue weighted by Gasteiger charge is -2.10. The van der Waals surface area contributed by atoms with E-state index < -0.39 is 0 Å². The van der Waals surface area contributed by atoms with Crippen LogP contribution >= 0.6 is 0 Å². The Morgan fingerprint density at radius 2 is 1.95 bits per heavy atom. The fourth-order valence-electron chi connectivity index (χ4n) is 1.72. The maximum Gasteiger partial charge on any atom is 0.251 e. The first-order valence-electron chi connectivity index (χ1n) is 6.61. The van der Waals surface area contributed by atoms with E-state index in [2.05, 4.69) is 5.32 Å². The van der Waals surface area contributed by atoms with Gasteiger partial charge in [0.1, 0.15) is 5.75 Å². The number of hydrogen-bond donors (Lipinski definition) is 2. The predicted molar refractivity (Wildman–Crippen MR) is 80.0 cm³/mol. The van der Waals surface area contributed by atoms with Gasteiger partial charge in [0.05, 0.1) is 5.69 Å². The third-order valence-corrected chi connectivity index (χ3v) is 2.78. The number of para-hydroxylation sites is 1. The summed E-state index contributed by atoms with van der Waals surface area (Å²) in [4.78, 5) is 11.9. The van der Waals surface area contributed by atoms with Crippen LogP contribution in [0.4, 0.5) is 5.69 Å². The molecule has 20 heavy (non-hydrogen) atoms. The summed E-state index contributed by atoms with van der Waals surface area (Å²) in [6, 6.07) is 14.4. The molecule has 2 rings (SSSR count). The molecule has 0 unspecified atom stereocenters. The summed E-state index contributed by atoms with van der Waals surface area (Å²) in [6.07, 6.45) is 0.897. The van der Waals surface area contributed by atoms with E-state index in [4.69, 9.17) is 10.5 Å². The fourth-order valence-corrected chi connectivity index (χ4v) is 1.72. The van der Waals surface area contributed by atoms with E-state index in [0.29, 0.717) is 29.3 Å². The van der Waals surface area contributed by atoms with Crippen molar-refractivity contribution in [2.75, 3.05) is 12.3 Å². The molecule has 4 nitrogen and oxygen atoms in total. The molecule has 0 bridgehead atoms. The molecule has 2 aromatic carbocycles. The average molecular weight is 270 g/mol. The zero-order valence-electron chi connectivity index (χ0n) is 11.4. The lowest BCUT2D eigenvalue weighted by atomic mass is 10.1. The lowest BCUT2D eigenvalue weighted by molar-refractivity contribution is 0.0953. The first kappa shape index (κ1) is 13.9. The van der Waals surface area contributed by atoms with Crippen molar-refractivity contribution in [1.82, 2.24) is 5.32 Å². The summed E-state index contributed by atoms with van der Waals surface area (Å²) in [7, 11) is 0. The van der Waals surface area contributed by atoms with Crippen molar-refractivity contribution < 1.29 is 9.53 Å². The Morgan fingerprint density at radius 3 is 2.65 bits per heavy atom. The molecule has 2 aromatic rings. The zero-order valence-corrected chi connectivity index (χ0v) is 11.4. The van der Waals surface area contributed by atoms with Gasteiger partial charge in [0.25, 0.3) is 5.91 Å². The van der Waals surface area contributed by atoms with E-state index in [1.54, 1.807) is 18.2 Å². The number of nitrogens with one attached hydrogen (secondary N) is 1. The predicted octanol–water partition coefficient (Wildman–Crippen LogP) is 3.20. The third-order valence-electron chi connectivity index (χ3n) is 2.78. The minimum absolute atomic E-state index is 0.121. The van der Waals surface area contributed by atoms with Crippen molar-refractivity contribution in [3.8, 4) is 11.5 Å². The second-order valence-corrected chi connectivity index (χ2v) is 4.42. The fraction of sp³-hybridized carbons (Fsp3) is 0.188. The standard InChI is InChI=1S/C16H18N2O2/c1-2-10-18-16(19)12-8-9-14(17)15(11-12)20-13-6-4-3-5-7-13/h3-9,11H,2,10,17H2,1H3,(H,18,19). The van der Waals surface area contributed by atoms with Crippen LogP contribution in [-0.2, 0) is 0 Å². The highest BCUT2D eigenvalue weighted by atomic mass is 16.5. The number of anilines is 1. The number of rotatable bonds is 5. The van der Waals surface area contributed by atoms with Crippen LogP contribution in [0.2, 0.25) is 0 Å². The van der Waals surface area contributed by atoms with Crippen molar-refractivity contribution in [2.45, 2.75) is 13.3 Å². The van der Waals surface area contributed by atoms with E-state index >= 15 is 0 Å². The molecule has 104 valence electrons. The van der Waals surface area contributed by atoms with Crippen molar-refractivity contribution in [1.29, 1.82) is 0 Å². The molecule has 0 radical (unpaired) electrons. The van der Waals surface area contributed by atoms with Crippen LogP contribution in [-0.4, -0.2) is 12.5 Å². The molecule has 0 aliphatic heterocycles. The van der Waals surface area contributed by atoms with Crippen LogP contribution in [0, 0.1) is 0 Å². The summed E-state index contributed by atoms with van der Waals surface area (Å²) in [6.45, 7) is 2.66. The Balaban J connectivity index is 2.18. The number of carbonyl (C=O) groups is 1.